The van der Waals surface area contributed by atoms with Crippen molar-refractivity contribution >= 4 is 0 Å². The summed E-state index contributed by atoms with van der Waals surface area (Å²) in [5.41, 5.74) is 0. The molecule has 17 heavy (non-hydrogen) atoms. The summed E-state index contributed by atoms with van der Waals surface area (Å²) in [6, 6.07) is 2.33. The highest BCUT2D eigenvalue weighted by Gasteiger charge is 2.25. The fourth-order valence-corrected chi connectivity index (χ4v) is 3.50. The van der Waals surface area contributed by atoms with Crippen LogP contribution in [0, 0.1) is 5.92 Å². The van der Waals surface area contributed by atoms with Crippen molar-refractivity contribution in [2.24, 2.45) is 5.92 Å². The average molecular weight is 238 g/mol. The van der Waals surface area contributed by atoms with Crippen LogP contribution < -0.4 is 5.32 Å². The van der Waals surface area contributed by atoms with Crippen LogP contribution in [0.5, 0.6) is 0 Å². The summed E-state index contributed by atoms with van der Waals surface area (Å²) in [6.45, 7) is 9.62. The van der Waals surface area contributed by atoms with E-state index in [2.05, 4.69) is 31.0 Å². The first-order valence-electron chi connectivity index (χ1n) is 7.65. The van der Waals surface area contributed by atoms with E-state index in [1.54, 1.807) is 0 Å². The Bertz CT molecular complexity index is 219. The molecule has 1 aliphatic carbocycles. The van der Waals surface area contributed by atoms with Crippen molar-refractivity contribution < 1.29 is 0 Å². The lowest BCUT2D eigenvalue weighted by Gasteiger charge is -2.38. The summed E-state index contributed by atoms with van der Waals surface area (Å²) < 4.78 is 0. The average Bonchev–Trinajstić information content (AvgIpc) is 2.29. The molecule has 0 radical (unpaired) electrons. The van der Waals surface area contributed by atoms with Gasteiger partial charge in [0, 0.05) is 18.1 Å². The molecule has 0 aromatic heterocycles. The first kappa shape index (κ1) is 13.4. The molecule has 0 aromatic carbocycles. The molecule has 0 aromatic rings. The van der Waals surface area contributed by atoms with Crippen LogP contribution in [0.15, 0.2) is 0 Å². The fraction of sp³-hybridized carbons (Fsp3) is 1.00. The molecule has 100 valence electrons. The second kappa shape index (κ2) is 6.19. The van der Waals surface area contributed by atoms with Crippen LogP contribution in [0.4, 0.5) is 0 Å². The van der Waals surface area contributed by atoms with Gasteiger partial charge in [-0.25, -0.2) is 0 Å². The maximum atomic E-state index is 3.92. The number of rotatable bonds is 3. The predicted octanol–water partition coefficient (Wildman–Crippen LogP) is 3.03. The van der Waals surface area contributed by atoms with Gasteiger partial charge in [-0.1, -0.05) is 19.8 Å². The van der Waals surface area contributed by atoms with E-state index in [9.17, 15) is 0 Å². The molecule has 2 aliphatic rings. The Hall–Kier alpha value is -0.0800. The topological polar surface area (TPSA) is 15.3 Å². The lowest BCUT2D eigenvalue weighted by atomic mass is 9.86. The predicted molar refractivity (Wildman–Crippen MR) is 74.3 cm³/mol. The minimum atomic E-state index is 0.727. The van der Waals surface area contributed by atoms with Crippen molar-refractivity contribution in [3.05, 3.63) is 0 Å². The van der Waals surface area contributed by atoms with E-state index in [-0.39, 0.29) is 0 Å². The van der Waals surface area contributed by atoms with Gasteiger partial charge in [0.1, 0.15) is 0 Å². The van der Waals surface area contributed by atoms with Crippen LogP contribution in [0.2, 0.25) is 0 Å². The molecule has 1 saturated carbocycles. The Morgan fingerprint density at radius 3 is 2.29 bits per heavy atom. The molecular formula is C15H30N2. The second-order valence-corrected chi connectivity index (χ2v) is 6.54. The normalized spacial score (nSPS) is 33.2. The van der Waals surface area contributed by atoms with E-state index in [1.807, 2.05) is 0 Å². The summed E-state index contributed by atoms with van der Waals surface area (Å²) >= 11 is 0. The van der Waals surface area contributed by atoms with Crippen LogP contribution in [-0.4, -0.2) is 36.1 Å². The van der Waals surface area contributed by atoms with E-state index < -0.39 is 0 Å². The van der Waals surface area contributed by atoms with Gasteiger partial charge in [-0.2, -0.15) is 0 Å². The third-order valence-electron chi connectivity index (χ3n) is 4.67. The smallest absolute Gasteiger partial charge is 0.00940 e. The molecule has 1 heterocycles. The Morgan fingerprint density at radius 1 is 1.00 bits per heavy atom. The summed E-state index contributed by atoms with van der Waals surface area (Å²) in [7, 11) is 0. The second-order valence-electron chi connectivity index (χ2n) is 6.54. The van der Waals surface area contributed by atoms with Gasteiger partial charge in [0.15, 0.2) is 0 Å². The minimum Gasteiger partial charge on any atom is -0.311 e. The van der Waals surface area contributed by atoms with Gasteiger partial charge in [0.05, 0.1) is 0 Å². The molecular weight excluding hydrogens is 208 g/mol. The summed E-state index contributed by atoms with van der Waals surface area (Å²) in [4.78, 5) is 2.61. The van der Waals surface area contributed by atoms with Crippen molar-refractivity contribution in [1.29, 1.82) is 0 Å². The number of piperidine rings is 1. The monoisotopic (exact) mass is 238 g/mol. The van der Waals surface area contributed by atoms with Gasteiger partial charge in [-0.3, -0.25) is 0 Å². The number of nitrogens with zero attached hydrogens (tertiary/aromatic N) is 1. The summed E-state index contributed by atoms with van der Waals surface area (Å²) in [5, 5.41) is 3.92. The van der Waals surface area contributed by atoms with Crippen LogP contribution in [0.1, 0.15) is 59.3 Å². The Morgan fingerprint density at radius 2 is 1.71 bits per heavy atom. The standard InChI is InChI=1S/C15H30N2/c1-12(2)17-9-7-14(8-10-17)16-15-6-4-5-13(3)11-15/h12-16H,4-11H2,1-3H3. The van der Waals surface area contributed by atoms with Crippen molar-refractivity contribution in [2.45, 2.75) is 77.4 Å². The molecule has 1 N–H and O–H groups in total. The van der Waals surface area contributed by atoms with Gasteiger partial charge in [0.2, 0.25) is 0 Å². The van der Waals surface area contributed by atoms with Crippen LogP contribution in [0.25, 0.3) is 0 Å². The molecule has 1 saturated heterocycles. The minimum absolute atomic E-state index is 0.727. The Labute approximate surface area is 107 Å². The molecule has 0 spiro atoms. The maximum Gasteiger partial charge on any atom is 0.00940 e. The van der Waals surface area contributed by atoms with Gasteiger partial charge in [0.25, 0.3) is 0 Å². The van der Waals surface area contributed by atoms with Gasteiger partial charge >= 0.3 is 0 Å². The van der Waals surface area contributed by atoms with Crippen molar-refractivity contribution in [3.8, 4) is 0 Å². The zero-order chi connectivity index (χ0) is 12.3. The van der Waals surface area contributed by atoms with E-state index >= 15 is 0 Å². The molecule has 2 heteroatoms. The summed E-state index contributed by atoms with van der Waals surface area (Å²) in [6.07, 6.45) is 8.40. The van der Waals surface area contributed by atoms with Gasteiger partial charge in [-0.15, -0.1) is 0 Å². The van der Waals surface area contributed by atoms with Gasteiger partial charge < -0.3 is 10.2 Å². The zero-order valence-corrected chi connectivity index (χ0v) is 11.9. The highest BCUT2D eigenvalue weighted by molar-refractivity contribution is 4.84. The largest absolute Gasteiger partial charge is 0.311 e. The van der Waals surface area contributed by atoms with Crippen LogP contribution >= 0.6 is 0 Å². The van der Waals surface area contributed by atoms with E-state index in [0.717, 1.165) is 24.0 Å². The van der Waals surface area contributed by atoms with Crippen molar-refractivity contribution in [3.63, 3.8) is 0 Å². The lowest BCUT2D eigenvalue weighted by Crippen LogP contribution is -2.48. The van der Waals surface area contributed by atoms with E-state index in [4.69, 9.17) is 0 Å². The first-order chi connectivity index (χ1) is 8.15. The molecule has 1 aliphatic heterocycles. The van der Waals surface area contributed by atoms with Crippen LogP contribution in [-0.2, 0) is 0 Å². The highest BCUT2D eigenvalue weighted by Crippen LogP contribution is 2.25. The third kappa shape index (κ3) is 3.96. The maximum absolute atomic E-state index is 3.92. The zero-order valence-electron chi connectivity index (χ0n) is 11.9. The van der Waals surface area contributed by atoms with E-state index in [0.29, 0.717) is 0 Å². The van der Waals surface area contributed by atoms with Crippen molar-refractivity contribution in [1.82, 2.24) is 10.2 Å². The SMILES string of the molecule is CC1CCCC(NC2CCN(C(C)C)CC2)C1. The number of hydrogen-bond acceptors (Lipinski definition) is 2. The van der Waals surface area contributed by atoms with E-state index in [1.165, 1.54) is 51.6 Å². The number of likely N-dealkylation sites (tertiary alicyclic amines) is 1. The molecule has 2 rings (SSSR count). The van der Waals surface area contributed by atoms with Gasteiger partial charge in [-0.05, 0) is 58.5 Å². The quantitative estimate of drug-likeness (QED) is 0.813. The number of hydrogen-bond donors (Lipinski definition) is 1. The van der Waals surface area contributed by atoms with Crippen LogP contribution in [0.3, 0.4) is 0 Å². The summed E-state index contributed by atoms with van der Waals surface area (Å²) in [5.74, 6) is 0.942. The van der Waals surface area contributed by atoms with Crippen molar-refractivity contribution in [2.75, 3.05) is 13.1 Å². The third-order valence-corrected chi connectivity index (χ3v) is 4.67. The molecule has 2 fully saturated rings. The first-order valence-corrected chi connectivity index (χ1v) is 7.65. The molecule has 2 atom stereocenters. The fourth-order valence-electron chi connectivity index (χ4n) is 3.50. The number of nitrogens with one attached hydrogen (secondary N) is 1. The molecule has 0 bridgehead atoms. The molecule has 0 amide bonds. The Balaban J connectivity index is 1.70. The molecule has 2 nitrogen and oxygen atoms in total. The lowest BCUT2D eigenvalue weighted by molar-refractivity contribution is 0.149. The highest BCUT2D eigenvalue weighted by atomic mass is 15.2. The Kier molecular flexibility index (Phi) is 4.87. The molecule has 2 unspecified atom stereocenters.